The molecule has 1 aliphatic rings. The van der Waals surface area contributed by atoms with Crippen LogP contribution in [0.1, 0.15) is 48.8 Å². The summed E-state index contributed by atoms with van der Waals surface area (Å²) in [6.45, 7) is 0. The molecule has 29 heavy (non-hydrogen) atoms. The van der Waals surface area contributed by atoms with Gasteiger partial charge in [0.05, 0.1) is 38.8 Å². The number of ether oxygens (including phenoxy) is 3. The number of carbonyl (C=O) groups is 2. The van der Waals surface area contributed by atoms with Gasteiger partial charge in [-0.05, 0) is 36.3 Å². The molecule has 3 rings (SSSR count). The molecule has 1 aliphatic heterocycles. The van der Waals surface area contributed by atoms with Gasteiger partial charge in [0.2, 0.25) is 0 Å². The predicted octanol–water partition coefficient (Wildman–Crippen LogP) is 4.43. The van der Waals surface area contributed by atoms with Crippen LogP contribution in [0.5, 0.6) is 0 Å². The Bertz CT molecular complexity index is 742. The Morgan fingerprint density at radius 3 is 2.14 bits per heavy atom. The molecule has 154 valence electrons. The molecule has 0 radical (unpaired) electrons. The minimum absolute atomic E-state index is 0.00492. The normalized spacial score (nSPS) is 22.5. The zero-order valence-corrected chi connectivity index (χ0v) is 17.0. The van der Waals surface area contributed by atoms with Gasteiger partial charge in [-0.3, -0.25) is 9.59 Å². The van der Waals surface area contributed by atoms with Crippen LogP contribution in [0.25, 0.3) is 0 Å². The van der Waals surface area contributed by atoms with Gasteiger partial charge in [0.1, 0.15) is 0 Å². The summed E-state index contributed by atoms with van der Waals surface area (Å²) in [7, 11) is 2.67. The summed E-state index contributed by atoms with van der Waals surface area (Å²) >= 11 is 0. The fourth-order valence-corrected chi connectivity index (χ4v) is 4.08. The van der Waals surface area contributed by atoms with Crippen LogP contribution < -0.4 is 0 Å². The van der Waals surface area contributed by atoms with Gasteiger partial charge >= 0.3 is 11.9 Å². The third-order valence-electron chi connectivity index (χ3n) is 5.57. The minimum Gasteiger partial charge on any atom is -0.469 e. The number of hydrogen-bond donors (Lipinski definition) is 0. The van der Waals surface area contributed by atoms with Crippen LogP contribution in [0.2, 0.25) is 0 Å². The van der Waals surface area contributed by atoms with Crippen molar-refractivity contribution in [3.63, 3.8) is 0 Å². The highest BCUT2D eigenvalue weighted by atomic mass is 16.5. The van der Waals surface area contributed by atoms with Gasteiger partial charge in [-0.25, -0.2) is 0 Å². The Hall–Kier alpha value is -2.66. The predicted molar refractivity (Wildman–Crippen MR) is 109 cm³/mol. The first-order valence-electron chi connectivity index (χ1n) is 10.0. The van der Waals surface area contributed by atoms with Crippen LogP contribution in [0, 0.1) is 5.92 Å². The van der Waals surface area contributed by atoms with Crippen molar-refractivity contribution in [2.24, 2.45) is 5.92 Å². The number of methoxy groups -OCH3 is 2. The van der Waals surface area contributed by atoms with Crippen molar-refractivity contribution < 1.29 is 23.8 Å². The quantitative estimate of drug-likeness (QED) is 0.648. The van der Waals surface area contributed by atoms with E-state index >= 15 is 0 Å². The molecule has 0 bridgehead atoms. The maximum absolute atomic E-state index is 12.3. The average Bonchev–Trinajstić information content (AvgIpc) is 2.79. The first kappa shape index (κ1) is 21.1. The van der Waals surface area contributed by atoms with Gasteiger partial charge in [0.15, 0.2) is 0 Å². The van der Waals surface area contributed by atoms with Crippen LogP contribution in [0.3, 0.4) is 0 Å². The number of esters is 2. The van der Waals surface area contributed by atoms with Crippen LogP contribution in [-0.4, -0.2) is 32.3 Å². The average molecular weight is 396 g/mol. The maximum atomic E-state index is 12.3. The highest BCUT2D eigenvalue weighted by molar-refractivity contribution is 5.79. The van der Waals surface area contributed by atoms with Crippen molar-refractivity contribution in [1.29, 1.82) is 0 Å². The van der Waals surface area contributed by atoms with Gasteiger partial charge in [-0.2, -0.15) is 0 Å². The van der Waals surface area contributed by atoms with Gasteiger partial charge in [-0.15, -0.1) is 0 Å². The number of carbonyl (C=O) groups excluding carboxylic acids is 2. The number of rotatable bonds is 7. The summed E-state index contributed by atoms with van der Waals surface area (Å²) in [5.74, 6) is -1.09. The molecule has 4 atom stereocenters. The van der Waals surface area contributed by atoms with Crippen LogP contribution >= 0.6 is 0 Å². The first-order valence-corrected chi connectivity index (χ1v) is 10.0. The molecular weight excluding hydrogens is 368 g/mol. The molecule has 1 heterocycles. The molecule has 0 spiro atoms. The van der Waals surface area contributed by atoms with E-state index in [0.717, 1.165) is 18.4 Å². The Morgan fingerprint density at radius 2 is 1.55 bits per heavy atom. The lowest BCUT2D eigenvalue weighted by Crippen LogP contribution is -2.32. The second-order valence-electron chi connectivity index (χ2n) is 7.47. The Balaban J connectivity index is 1.81. The molecule has 1 fully saturated rings. The summed E-state index contributed by atoms with van der Waals surface area (Å²) in [4.78, 5) is 24.0. The highest BCUT2D eigenvalue weighted by Gasteiger charge is 2.35. The van der Waals surface area contributed by atoms with E-state index in [9.17, 15) is 9.59 Å². The minimum atomic E-state index is -0.580. The molecule has 2 aromatic carbocycles. The fourth-order valence-electron chi connectivity index (χ4n) is 4.08. The monoisotopic (exact) mass is 396 g/mol. The fraction of sp³-hybridized carbons (Fsp3) is 0.417. The van der Waals surface area contributed by atoms with Gasteiger partial charge < -0.3 is 14.2 Å². The largest absolute Gasteiger partial charge is 0.469 e. The summed E-state index contributed by atoms with van der Waals surface area (Å²) in [6.07, 6.45) is 1.88. The molecule has 1 saturated heterocycles. The van der Waals surface area contributed by atoms with E-state index in [1.165, 1.54) is 19.8 Å². The Morgan fingerprint density at radius 1 is 0.931 bits per heavy atom. The van der Waals surface area contributed by atoms with E-state index in [1.54, 1.807) is 0 Å². The van der Waals surface area contributed by atoms with Crippen LogP contribution in [0.15, 0.2) is 60.7 Å². The van der Waals surface area contributed by atoms with E-state index in [0.29, 0.717) is 12.3 Å². The van der Waals surface area contributed by atoms with Gasteiger partial charge in [0, 0.05) is 0 Å². The van der Waals surface area contributed by atoms with E-state index in [1.807, 2.05) is 36.4 Å². The van der Waals surface area contributed by atoms with Crippen molar-refractivity contribution in [3.05, 3.63) is 71.8 Å². The molecule has 0 aromatic heterocycles. The van der Waals surface area contributed by atoms with Crippen molar-refractivity contribution in [2.45, 2.75) is 43.8 Å². The second-order valence-corrected chi connectivity index (χ2v) is 7.47. The molecule has 1 unspecified atom stereocenters. The number of hydrogen-bond acceptors (Lipinski definition) is 5. The molecule has 0 N–H and O–H groups in total. The molecule has 5 nitrogen and oxygen atoms in total. The van der Waals surface area contributed by atoms with Gasteiger partial charge in [0.25, 0.3) is 0 Å². The van der Waals surface area contributed by atoms with Crippen molar-refractivity contribution >= 4 is 11.9 Å². The molecule has 0 saturated carbocycles. The SMILES string of the molecule is COC(=O)CC(C[C@H]1C[C@@H](c2ccccc2)C[C@H](c2ccccc2)O1)C(=O)OC. The van der Waals surface area contributed by atoms with Gasteiger partial charge in [-0.1, -0.05) is 60.7 Å². The summed E-state index contributed by atoms with van der Waals surface area (Å²) < 4.78 is 16.1. The molecule has 5 heteroatoms. The molecule has 0 amide bonds. The lowest BCUT2D eigenvalue weighted by atomic mass is 9.81. The topological polar surface area (TPSA) is 61.8 Å². The highest BCUT2D eigenvalue weighted by Crippen LogP contribution is 2.42. The second kappa shape index (κ2) is 10.2. The third-order valence-corrected chi connectivity index (χ3v) is 5.57. The van der Waals surface area contributed by atoms with E-state index in [4.69, 9.17) is 14.2 Å². The smallest absolute Gasteiger partial charge is 0.309 e. The zero-order chi connectivity index (χ0) is 20.6. The lowest BCUT2D eigenvalue weighted by Gasteiger charge is -2.37. The van der Waals surface area contributed by atoms with E-state index < -0.39 is 17.9 Å². The Labute approximate surface area is 172 Å². The zero-order valence-electron chi connectivity index (χ0n) is 17.0. The molecule has 0 aliphatic carbocycles. The third kappa shape index (κ3) is 5.67. The van der Waals surface area contributed by atoms with Crippen LogP contribution in [0.4, 0.5) is 0 Å². The van der Waals surface area contributed by atoms with E-state index in [2.05, 4.69) is 24.3 Å². The van der Waals surface area contributed by atoms with Crippen LogP contribution in [-0.2, 0) is 23.8 Å². The van der Waals surface area contributed by atoms with Crippen molar-refractivity contribution in [1.82, 2.24) is 0 Å². The van der Waals surface area contributed by atoms with Crippen molar-refractivity contribution in [3.8, 4) is 0 Å². The molecule has 2 aromatic rings. The lowest BCUT2D eigenvalue weighted by molar-refractivity contribution is -0.155. The maximum Gasteiger partial charge on any atom is 0.309 e. The molecular formula is C24H28O5. The number of benzene rings is 2. The van der Waals surface area contributed by atoms with E-state index in [-0.39, 0.29) is 18.6 Å². The summed E-state index contributed by atoms with van der Waals surface area (Å²) in [5, 5.41) is 0. The Kier molecular flexibility index (Phi) is 7.42. The summed E-state index contributed by atoms with van der Waals surface area (Å²) in [5.41, 5.74) is 2.39. The van der Waals surface area contributed by atoms with Crippen molar-refractivity contribution in [2.75, 3.05) is 14.2 Å². The summed E-state index contributed by atoms with van der Waals surface area (Å²) in [6, 6.07) is 20.5. The first-order chi connectivity index (χ1) is 14.1. The standard InChI is InChI=1S/C24H28O5/c1-27-23(25)16-20(24(26)28-2)14-21-13-19(17-9-5-3-6-10-17)15-22(29-21)18-11-7-4-8-12-18/h3-12,19-22H,13-16H2,1-2H3/t19-,20?,21-,22-/m1/s1.